The monoisotopic (exact) mass is 322 g/mol. The Morgan fingerprint density at radius 2 is 2.00 bits per heavy atom. The van der Waals surface area contributed by atoms with Crippen molar-refractivity contribution in [3.63, 3.8) is 0 Å². The molecule has 1 aromatic heterocycles. The van der Waals surface area contributed by atoms with Gasteiger partial charge in [-0.25, -0.2) is 0 Å². The molecule has 22 heavy (non-hydrogen) atoms. The van der Waals surface area contributed by atoms with Gasteiger partial charge in [0.2, 0.25) is 0 Å². The standard InChI is InChI=1S/C16H18O5S/c1-9(16(19)21-3)4-13(18)15-6-10-5-12(17)11(8-20-2)7-14(10)22-15/h5-7,9,17H,4,8H2,1-3H3/t9-/m0/s1. The number of benzene rings is 1. The van der Waals surface area contributed by atoms with Crippen molar-refractivity contribution in [3.8, 4) is 5.75 Å². The van der Waals surface area contributed by atoms with E-state index in [1.807, 2.05) is 6.07 Å². The molecule has 0 bridgehead atoms. The maximum Gasteiger partial charge on any atom is 0.308 e. The first-order valence-electron chi connectivity index (χ1n) is 6.81. The summed E-state index contributed by atoms with van der Waals surface area (Å²) >= 11 is 1.35. The first-order valence-corrected chi connectivity index (χ1v) is 7.63. The number of carbonyl (C=O) groups excluding carboxylic acids is 2. The lowest BCUT2D eigenvalue weighted by molar-refractivity contribution is -0.144. The van der Waals surface area contributed by atoms with Gasteiger partial charge in [0.15, 0.2) is 5.78 Å². The fourth-order valence-electron chi connectivity index (χ4n) is 2.19. The highest BCUT2D eigenvalue weighted by Gasteiger charge is 2.20. The fourth-order valence-corrected chi connectivity index (χ4v) is 3.25. The number of phenolic OH excluding ortho intramolecular Hbond substituents is 1. The Morgan fingerprint density at radius 3 is 2.64 bits per heavy atom. The Kier molecular flexibility index (Phi) is 5.15. The van der Waals surface area contributed by atoms with E-state index in [-0.39, 0.29) is 18.0 Å². The highest BCUT2D eigenvalue weighted by molar-refractivity contribution is 7.20. The lowest BCUT2D eigenvalue weighted by Crippen LogP contribution is -2.16. The van der Waals surface area contributed by atoms with E-state index in [0.29, 0.717) is 17.0 Å². The van der Waals surface area contributed by atoms with Crippen molar-refractivity contribution in [1.29, 1.82) is 0 Å². The van der Waals surface area contributed by atoms with Gasteiger partial charge in [-0.3, -0.25) is 9.59 Å². The van der Waals surface area contributed by atoms with Crippen LogP contribution in [0.4, 0.5) is 0 Å². The van der Waals surface area contributed by atoms with Gasteiger partial charge in [0.05, 0.1) is 24.5 Å². The van der Waals surface area contributed by atoms with Gasteiger partial charge in [-0.15, -0.1) is 11.3 Å². The number of rotatable bonds is 6. The van der Waals surface area contributed by atoms with E-state index in [2.05, 4.69) is 4.74 Å². The minimum absolute atomic E-state index is 0.105. The zero-order valence-electron chi connectivity index (χ0n) is 12.7. The van der Waals surface area contributed by atoms with Gasteiger partial charge in [-0.1, -0.05) is 6.92 Å². The molecule has 0 saturated heterocycles. The number of phenols is 1. The maximum absolute atomic E-state index is 12.3. The molecule has 2 aromatic rings. The van der Waals surface area contributed by atoms with Gasteiger partial charge in [-0.05, 0) is 23.6 Å². The van der Waals surface area contributed by atoms with E-state index >= 15 is 0 Å². The number of methoxy groups -OCH3 is 2. The molecule has 0 radical (unpaired) electrons. The molecule has 0 fully saturated rings. The number of aromatic hydroxyl groups is 1. The molecule has 0 unspecified atom stereocenters. The average molecular weight is 322 g/mol. The van der Waals surface area contributed by atoms with Crippen molar-refractivity contribution in [2.45, 2.75) is 20.0 Å². The van der Waals surface area contributed by atoms with Crippen molar-refractivity contribution in [2.75, 3.05) is 14.2 Å². The van der Waals surface area contributed by atoms with Crippen LogP contribution in [0.2, 0.25) is 0 Å². The molecule has 0 aliphatic carbocycles. The molecule has 118 valence electrons. The Balaban J connectivity index is 2.25. The number of carbonyl (C=O) groups is 2. The number of Topliss-reactive ketones (excluding diaryl/α,β-unsaturated/α-hetero) is 1. The Labute approximate surface area is 132 Å². The van der Waals surface area contributed by atoms with Crippen molar-refractivity contribution in [1.82, 2.24) is 0 Å². The summed E-state index contributed by atoms with van der Waals surface area (Å²) in [4.78, 5) is 24.2. The summed E-state index contributed by atoms with van der Waals surface area (Å²) in [5, 5.41) is 10.7. The van der Waals surface area contributed by atoms with Crippen LogP contribution in [0, 0.1) is 5.92 Å². The largest absolute Gasteiger partial charge is 0.508 e. The van der Waals surface area contributed by atoms with E-state index in [4.69, 9.17) is 4.74 Å². The first-order chi connectivity index (χ1) is 10.5. The zero-order chi connectivity index (χ0) is 16.3. The average Bonchev–Trinajstić information content (AvgIpc) is 2.89. The minimum atomic E-state index is -0.472. The highest BCUT2D eigenvalue weighted by Crippen LogP contribution is 2.32. The van der Waals surface area contributed by atoms with Crippen LogP contribution in [0.25, 0.3) is 10.1 Å². The molecule has 1 aromatic carbocycles. The number of ether oxygens (including phenoxy) is 2. The lowest BCUT2D eigenvalue weighted by Gasteiger charge is -2.06. The highest BCUT2D eigenvalue weighted by atomic mass is 32.1. The van der Waals surface area contributed by atoms with E-state index in [1.54, 1.807) is 26.2 Å². The van der Waals surface area contributed by atoms with Crippen LogP contribution < -0.4 is 0 Å². The normalized spacial score (nSPS) is 12.3. The van der Waals surface area contributed by atoms with Crippen LogP contribution in [-0.4, -0.2) is 31.1 Å². The summed E-state index contributed by atoms with van der Waals surface area (Å²) in [5.41, 5.74) is 0.679. The molecule has 0 aliphatic heterocycles. The molecular formula is C16H18O5S. The molecule has 2 rings (SSSR count). The summed E-state index contributed by atoms with van der Waals surface area (Å²) < 4.78 is 10.6. The van der Waals surface area contributed by atoms with Crippen molar-refractivity contribution in [2.24, 2.45) is 5.92 Å². The quantitative estimate of drug-likeness (QED) is 0.653. The number of thiophene rings is 1. The third-order valence-corrected chi connectivity index (χ3v) is 4.53. The molecule has 1 atom stereocenters. The molecule has 0 saturated carbocycles. The van der Waals surface area contributed by atoms with Crippen LogP contribution in [0.15, 0.2) is 18.2 Å². The van der Waals surface area contributed by atoms with Gasteiger partial charge in [-0.2, -0.15) is 0 Å². The second kappa shape index (κ2) is 6.89. The van der Waals surface area contributed by atoms with Crippen LogP contribution in [0.3, 0.4) is 0 Å². The minimum Gasteiger partial charge on any atom is -0.508 e. The van der Waals surface area contributed by atoms with E-state index in [0.717, 1.165) is 10.1 Å². The van der Waals surface area contributed by atoms with Gasteiger partial charge >= 0.3 is 5.97 Å². The molecule has 0 amide bonds. The molecule has 5 nitrogen and oxygen atoms in total. The second-order valence-corrected chi connectivity index (χ2v) is 6.20. The number of esters is 1. The third kappa shape index (κ3) is 3.45. The van der Waals surface area contributed by atoms with E-state index in [1.165, 1.54) is 18.4 Å². The van der Waals surface area contributed by atoms with Crippen LogP contribution >= 0.6 is 11.3 Å². The summed E-state index contributed by atoms with van der Waals surface area (Å²) in [6.45, 7) is 1.97. The Bertz CT molecular complexity index is 704. The number of ketones is 1. The Morgan fingerprint density at radius 1 is 1.27 bits per heavy atom. The summed E-state index contributed by atoms with van der Waals surface area (Å²) in [7, 11) is 2.87. The molecule has 0 spiro atoms. The van der Waals surface area contributed by atoms with E-state index in [9.17, 15) is 14.7 Å². The number of hydrogen-bond donors (Lipinski definition) is 1. The van der Waals surface area contributed by atoms with Crippen molar-refractivity contribution < 1.29 is 24.2 Å². The Hall–Kier alpha value is -1.92. The summed E-state index contributed by atoms with van der Waals surface area (Å²) in [6, 6.07) is 5.18. The lowest BCUT2D eigenvalue weighted by atomic mass is 10.0. The van der Waals surface area contributed by atoms with Gasteiger partial charge in [0, 0.05) is 23.8 Å². The number of fused-ring (bicyclic) bond motifs is 1. The first kappa shape index (κ1) is 16.5. The zero-order valence-corrected chi connectivity index (χ0v) is 13.5. The van der Waals surface area contributed by atoms with Crippen LogP contribution in [0.5, 0.6) is 5.75 Å². The van der Waals surface area contributed by atoms with E-state index < -0.39 is 11.9 Å². The van der Waals surface area contributed by atoms with Crippen LogP contribution in [-0.2, 0) is 20.9 Å². The smallest absolute Gasteiger partial charge is 0.308 e. The number of hydrogen-bond acceptors (Lipinski definition) is 6. The molecule has 1 heterocycles. The van der Waals surface area contributed by atoms with Crippen molar-refractivity contribution in [3.05, 3.63) is 28.6 Å². The SMILES string of the molecule is COCc1cc2sc(C(=O)C[C@H](C)C(=O)OC)cc2cc1O. The second-order valence-electron chi connectivity index (χ2n) is 5.11. The molecule has 0 aliphatic rings. The van der Waals surface area contributed by atoms with Gasteiger partial charge in [0.25, 0.3) is 0 Å². The topological polar surface area (TPSA) is 72.8 Å². The van der Waals surface area contributed by atoms with Crippen molar-refractivity contribution >= 4 is 33.2 Å². The third-order valence-electron chi connectivity index (χ3n) is 3.39. The summed E-state index contributed by atoms with van der Waals surface area (Å²) in [6.07, 6.45) is 0.108. The van der Waals surface area contributed by atoms with Gasteiger partial charge in [0.1, 0.15) is 5.75 Å². The maximum atomic E-state index is 12.3. The summed E-state index contributed by atoms with van der Waals surface area (Å²) in [5.74, 6) is -0.824. The fraction of sp³-hybridized carbons (Fsp3) is 0.375. The van der Waals surface area contributed by atoms with Gasteiger partial charge < -0.3 is 14.6 Å². The molecular weight excluding hydrogens is 304 g/mol. The predicted octanol–water partition coefficient (Wildman–Crippen LogP) is 3.14. The molecule has 1 N–H and O–H groups in total. The van der Waals surface area contributed by atoms with Crippen LogP contribution in [0.1, 0.15) is 28.6 Å². The molecule has 6 heteroatoms. The predicted molar refractivity (Wildman–Crippen MR) is 84.3 cm³/mol.